The van der Waals surface area contributed by atoms with E-state index in [0.29, 0.717) is 17.7 Å². The quantitative estimate of drug-likeness (QED) is 0.106. The van der Waals surface area contributed by atoms with Gasteiger partial charge in [-0.15, -0.1) is 0 Å². The van der Waals surface area contributed by atoms with Gasteiger partial charge in [0.1, 0.15) is 23.9 Å². The molecule has 1 aromatic carbocycles. The summed E-state index contributed by atoms with van der Waals surface area (Å²) >= 11 is 0. The van der Waals surface area contributed by atoms with Crippen LogP contribution < -0.4 is 27.0 Å². The molecular weight excluding hydrogens is 538 g/mol. The highest BCUT2D eigenvalue weighted by molar-refractivity contribution is 5.94. The van der Waals surface area contributed by atoms with Crippen molar-refractivity contribution >= 4 is 29.6 Å². The highest BCUT2D eigenvalue weighted by Crippen LogP contribution is 2.12. The van der Waals surface area contributed by atoms with Crippen LogP contribution in [0.2, 0.25) is 0 Å². The number of phenolic OH excluding ortho intramolecular Hbond substituents is 1. The summed E-state index contributed by atoms with van der Waals surface area (Å²) in [7, 11) is 0. The summed E-state index contributed by atoms with van der Waals surface area (Å²) < 4.78 is 0. The molecule has 0 saturated heterocycles. The second-order valence-corrected chi connectivity index (χ2v) is 9.55. The molecule has 15 heteroatoms. The predicted molar refractivity (Wildman–Crippen MR) is 145 cm³/mol. The lowest BCUT2D eigenvalue weighted by Gasteiger charge is -2.25. The van der Waals surface area contributed by atoms with Crippen molar-refractivity contribution in [2.24, 2.45) is 11.7 Å². The van der Waals surface area contributed by atoms with Crippen molar-refractivity contribution in [2.75, 3.05) is 13.2 Å². The molecule has 41 heavy (non-hydrogen) atoms. The monoisotopic (exact) mass is 575 g/mol. The van der Waals surface area contributed by atoms with E-state index in [1.54, 1.807) is 26.0 Å². The number of nitrogens with zero attached hydrogens (tertiary/aromatic N) is 1. The number of amides is 4. The minimum Gasteiger partial charge on any atom is -0.508 e. The molecule has 0 saturated carbocycles. The first kappa shape index (κ1) is 32.7. The van der Waals surface area contributed by atoms with E-state index in [0.717, 1.165) is 0 Å². The molecule has 2 aromatic rings. The van der Waals surface area contributed by atoms with Crippen LogP contribution in [-0.4, -0.2) is 92.2 Å². The highest BCUT2D eigenvalue weighted by Gasteiger charge is 2.30. The van der Waals surface area contributed by atoms with Gasteiger partial charge in [-0.1, -0.05) is 32.4 Å². The van der Waals surface area contributed by atoms with Crippen molar-refractivity contribution in [3.8, 4) is 5.75 Å². The molecule has 4 amide bonds. The van der Waals surface area contributed by atoms with Gasteiger partial charge in [-0.05, 0) is 23.6 Å². The Hall–Kier alpha value is -4.50. The molecule has 0 fully saturated rings. The number of nitrogens with one attached hydrogen (secondary N) is 5. The Balaban J connectivity index is 2.07. The predicted octanol–water partition coefficient (Wildman–Crippen LogP) is -2.08. The summed E-state index contributed by atoms with van der Waals surface area (Å²) in [6, 6.07) is 1.18. The Morgan fingerprint density at radius 2 is 1.63 bits per heavy atom. The summed E-state index contributed by atoms with van der Waals surface area (Å²) in [5, 5.41) is 37.5. The molecule has 1 heterocycles. The first-order valence-corrected chi connectivity index (χ1v) is 13.0. The lowest BCUT2D eigenvalue weighted by molar-refractivity contribution is -0.143. The van der Waals surface area contributed by atoms with Gasteiger partial charge in [0.2, 0.25) is 23.6 Å². The van der Waals surface area contributed by atoms with Gasteiger partial charge in [-0.2, -0.15) is 0 Å². The number of H-pyrrole nitrogens is 1. The fourth-order valence-corrected chi connectivity index (χ4v) is 3.75. The third kappa shape index (κ3) is 10.5. The van der Waals surface area contributed by atoms with Gasteiger partial charge >= 0.3 is 5.97 Å². The van der Waals surface area contributed by atoms with Crippen molar-refractivity contribution < 1.29 is 39.3 Å². The molecule has 0 aliphatic rings. The maximum absolute atomic E-state index is 13.1. The SMILES string of the molecule is CC[C@H](C)[C@H](NC(=O)CNC(=O)[C@H](Cc1ccc(O)cc1)NC(=O)[C@@H](N)Cc1cnc[nH]1)C(=O)N[C@@H](CO)C(=O)O. The molecule has 10 N–H and O–H groups in total. The molecule has 0 aliphatic heterocycles. The summed E-state index contributed by atoms with van der Waals surface area (Å²) in [6.07, 6.45) is 3.58. The molecule has 5 atom stereocenters. The summed E-state index contributed by atoms with van der Waals surface area (Å²) in [4.78, 5) is 69.1. The van der Waals surface area contributed by atoms with Crippen molar-refractivity contribution in [1.29, 1.82) is 0 Å². The highest BCUT2D eigenvalue weighted by atomic mass is 16.4. The lowest BCUT2D eigenvalue weighted by Crippen LogP contribution is -2.57. The van der Waals surface area contributed by atoms with Gasteiger partial charge in [-0.25, -0.2) is 9.78 Å². The van der Waals surface area contributed by atoms with Gasteiger partial charge in [0, 0.05) is 24.7 Å². The summed E-state index contributed by atoms with van der Waals surface area (Å²) in [5.41, 5.74) is 7.23. The average Bonchev–Trinajstić information content (AvgIpc) is 3.46. The first-order valence-electron chi connectivity index (χ1n) is 13.0. The molecule has 0 unspecified atom stereocenters. The van der Waals surface area contributed by atoms with E-state index >= 15 is 0 Å². The zero-order chi connectivity index (χ0) is 30.5. The zero-order valence-corrected chi connectivity index (χ0v) is 22.8. The van der Waals surface area contributed by atoms with Crippen molar-refractivity contribution in [3.05, 3.63) is 48.0 Å². The van der Waals surface area contributed by atoms with Crippen LogP contribution in [0.1, 0.15) is 31.5 Å². The first-order chi connectivity index (χ1) is 19.4. The minimum atomic E-state index is -1.55. The molecule has 0 radical (unpaired) electrons. The number of aliphatic hydroxyl groups is 1. The molecule has 0 aliphatic carbocycles. The van der Waals surface area contributed by atoms with Crippen LogP contribution in [0.5, 0.6) is 5.75 Å². The van der Waals surface area contributed by atoms with Gasteiger partial charge in [0.05, 0.1) is 25.5 Å². The number of benzene rings is 1. The van der Waals surface area contributed by atoms with E-state index < -0.39 is 72.8 Å². The summed E-state index contributed by atoms with van der Waals surface area (Å²) in [5.74, 6) is -4.68. The van der Waals surface area contributed by atoms with Gasteiger partial charge < -0.3 is 47.3 Å². The average molecular weight is 576 g/mol. The third-order valence-electron chi connectivity index (χ3n) is 6.37. The fourth-order valence-electron chi connectivity index (χ4n) is 3.75. The topological polar surface area (TPSA) is 249 Å². The Kier molecular flexibility index (Phi) is 12.7. The van der Waals surface area contributed by atoms with Crippen LogP contribution in [0.4, 0.5) is 0 Å². The number of imidazole rings is 1. The molecule has 2 rings (SSSR count). The standard InChI is InChI=1S/C26H37N7O8/c1-3-14(2)22(25(39)32-20(12-34)26(40)41)33-21(36)11-29-24(38)19(8-15-4-6-17(35)7-5-15)31-23(37)18(27)9-16-10-28-13-30-16/h4-7,10,13-14,18-20,22,34-35H,3,8-9,11-12,27H2,1-2H3,(H,28,30)(H,29,38)(H,31,37)(H,32,39)(H,33,36)(H,40,41)/t14-,18-,19-,20-,22-/m0/s1. The zero-order valence-electron chi connectivity index (χ0n) is 22.8. The molecule has 0 spiro atoms. The largest absolute Gasteiger partial charge is 0.508 e. The number of aliphatic carboxylic acids is 1. The van der Waals surface area contributed by atoms with Gasteiger partial charge in [0.25, 0.3) is 0 Å². The number of nitrogens with two attached hydrogens (primary N) is 1. The van der Waals surface area contributed by atoms with Crippen LogP contribution in [-0.2, 0) is 36.8 Å². The Morgan fingerprint density at radius 3 is 2.20 bits per heavy atom. The third-order valence-corrected chi connectivity index (χ3v) is 6.37. The number of phenols is 1. The van der Waals surface area contributed by atoms with Crippen molar-refractivity contribution in [1.82, 2.24) is 31.2 Å². The van der Waals surface area contributed by atoms with Crippen molar-refractivity contribution in [3.63, 3.8) is 0 Å². The van der Waals surface area contributed by atoms with E-state index in [9.17, 15) is 34.2 Å². The number of hydrogen-bond acceptors (Lipinski definition) is 9. The molecule has 1 aromatic heterocycles. The number of aromatic hydroxyl groups is 1. The van der Waals surface area contributed by atoms with Crippen molar-refractivity contribution in [2.45, 2.75) is 57.3 Å². The number of aliphatic hydroxyl groups excluding tert-OH is 1. The van der Waals surface area contributed by atoms with Crippen LogP contribution in [0.3, 0.4) is 0 Å². The Labute approximate surface area is 236 Å². The van der Waals surface area contributed by atoms with E-state index in [1.165, 1.54) is 24.7 Å². The Morgan fingerprint density at radius 1 is 0.976 bits per heavy atom. The second-order valence-electron chi connectivity index (χ2n) is 9.55. The van der Waals surface area contributed by atoms with E-state index in [2.05, 4.69) is 31.2 Å². The van der Waals surface area contributed by atoms with Crippen LogP contribution in [0.15, 0.2) is 36.8 Å². The second kappa shape index (κ2) is 15.9. The van der Waals surface area contributed by atoms with E-state index in [4.69, 9.17) is 10.8 Å². The summed E-state index contributed by atoms with van der Waals surface area (Å²) in [6.45, 7) is 2.06. The molecule has 224 valence electrons. The normalized spacial score (nSPS) is 14.5. The number of aromatic nitrogens is 2. The number of carboxylic acids is 1. The lowest BCUT2D eigenvalue weighted by atomic mass is 9.98. The van der Waals surface area contributed by atoms with Crippen LogP contribution >= 0.6 is 0 Å². The maximum Gasteiger partial charge on any atom is 0.328 e. The molecular formula is C26H37N7O8. The number of aromatic amines is 1. The maximum atomic E-state index is 13.1. The van der Waals surface area contributed by atoms with E-state index in [-0.39, 0.29) is 18.6 Å². The van der Waals surface area contributed by atoms with Gasteiger partial charge in [0.15, 0.2) is 0 Å². The fraction of sp³-hybridized carbons (Fsp3) is 0.462. The minimum absolute atomic E-state index is 0.0191. The number of carbonyl (C=O) groups excluding carboxylic acids is 4. The number of carboxylic acid groups (broad SMARTS) is 1. The van der Waals surface area contributed by atoms with Crippen LogP contribution in [0.25, 0.3) is 0 Å². The number of hydrogen-bond donors (Lipinski definition) is 9. The number of rotatable bonds is 16. The van der Waals surface area contributed by atoms with E-state index in [1.807, 2.05) is 0 Å². The van der Waals surface area contributed by atoms with Gasteiger partial charge in [-0.3, -0.25) is 19.2 Å². The van der Waals surface area contributed by atoms with Crippen LogP contribution in [0, 0.1) is 5.92 Å². The smallest absolute Gasteiger partial charge is 0.328 e. The molecule has 0 bridgehead atoms. The Bertz CT molecular complexity index is 1170. The number of carbonyl (C=O) groups is 5. The molecule has 15 nitrogen and oxygen atoms in total.